The monoisotopic (exact) mass is 254 g/mol. The summed E-state index contributed by atoms with van der Waals surface area (Å²) in [6.45, 7) is 0. The predicted octanol–water partition coefficient (Wildman–Crippen LogP) is 0.759. The average Bonchev–Trinajstić information content (AvgIpc) is 2.02. The minimum absolute atomic E-state index is 0. The van der Waals surface area contributed by atoms with Crippen molar-refractivity contribution in [2.75, 3.05) is 0 Å². The van der Waals surface area contributed by atoms with Gasteiger partial charge in [-0.25, -0.2) is 4.79 Å². The van der Waals surface area contributed by atoms with Crippen LogP contribution in [0.4, 0.5) is 0 Å². The van der Waals surface area contributed by atoms with Crippen LogP contribution < -0.4 is 0 Å². The fourth-order valence-electron chi connectivity index (χ4n) is 0.847. The summed E-state index contributed by atoms with van der Waals surface area (Å²) in [6, 6.07) is 2.46. The SMILES string of the molecule is Cl.O=C(O)c1cc(S(=O)(=O)O)ccc1O. The van der Waals surface area contributed by atoms with Crippen molar-refractivity contribution in [2.45, 2.75) is 4.90 Å². The average molecular weight is 255 g/mol. The molecule has 1 rings (SSSR count). The van der Waals surface area contributed by atoms with Crippen molar-refractivity contribution < 1.29 is 28.0 Å². The molecule has 15 heavy (non-hydrogen) atoms. The molecule has 0 heterocycles. The van der Waals surface area contributed by atoms with Crippen LogP contribution in [0, 0.1) is 0 Å². The third-order valence-corrected chi connectivity index (χ3v) is 2.35. The summed E-state index contributed by atoms with van der Waals surface area (Å²) >= 11 is 0. The molecular weight excluding hydrogens is 248 g/mol. The lowest BCUT2D eigenvalue weighted by atomic mass is 10.2. The number of benzene rings is 1. The fourth-order valence-corrected chi connectivity index (χ4v) is 1.35. The van der Waals surface area contributed by atoms with Crippen LogP contribution in [0.15, 0.2) is 23.1 Å². The second kappa shape index (κ2) is 4.47. The highest BCUT2D eigenvalue weighted by atomic mass is 35.5. The molecule has 0 aromatic heterocycles. The van der Waals surface area contributed by atoms with Crippen LogP contribution in [0.2, 0.25) is 0 Å². The Hall–Kier alpha value is -1.31. The van der Waals surface area contributed by atoms with E-state index in [9.17, 15) is 13.2 Å². The summed E-state index contributed by atoms with van der Waals surface area (Å²) in [7, 11) is -4.45. The molecule has 6 nitrogen and oxygen atoms in total. The number of hydrogen-bond donors (Lipinski definition) is 3. The van der Waals surface area contributed by atoms with Crippen molar-refractivity contribution in [2.24, 2.45) is 0 Å². The van der Waals surface area contributed by atoms with Crippen LogP contribution in [-0.4, -0.2) is 29.2 Å². The lowest BCUT2D eigenvalue weighted by molar-refractivity contribution is 0.0693. The quantitative estimate of drug-likeness (QED) is 0.672. The third kappa shape index (κ3) is 3.08. The highest BCUT2D eigenvalue weighted by Crippen LogP contribution is 2.20. The molecule has 3 N–H and O–H groups in total. The van der Waals surface area contributed by atoms with E-state index in [4.69, 9.17) is 14.8 Å². The van der Waals surface area contributed by atoms with E-state index in [2.05, 4.69) is 0 Å². The van der Waals surface area contributed by atoms with E-state index in [1.807, 2.05) is 0 Å². The van der Waals surface area contributed by atoms with Gasteiger partial charge in [0.05, 0.1) is 4.90 Å². The number of hydrogen-bond acceptors (Lipinski definition) is 4. The third-order valence-electron chi connectivity index (χ3n) is 1.50. The predicted molar refractivity (Wildman–Crippen MR) is 52.1 cm³/mol. The molecule has 0 aliphatic carbocycles. The van der Waals surface area contributed by atoms with E-state index in [1.54, 1.807) is 0 Å². The zero-order valence-electron chi connectivity index (χ0n) is 7.11. The van der Waals surface area contributed by atoms with Crippen LogP contribution in [0.3, 0.4) is 0 Å². The molecule has 0 amide bonds. The van der Waals surface area contributed by atoms with Crippen molar-refractivity contribution in [3.8, 4) is 5.75 Å². The first kappa shape index (κ1) is 13.7. The number of aromatic hydroxyl groups is 1. The van der Waals surface area contributed by atoms with E-state index in [0.717, 1.165) is 12.1 Å². The van der Waals surface area contributed by atoms with Crippen LogP contribution in [0.5, 0.6) is 5.75 Å². The summed E-state index contributed by atoms with van der Waals surface area (Å²) in [5.41, 5.74) is -0.583. The van der Waals surface area contributed by atoms with Gasteiger partial charge in [-0.3, -0.25) is 4.55 Å². The smallest absolute Gasteiger partial charge is 0.339 e. The minimum Gasteiger partial charge on any atom is -0.507 e. The highest BCUT2D eigenvalue weighted by Gasteiger charge is 2.15. The lowest BCUT2D eigenvalue weighted by Crippen LogP contribution is -2.02. The van der Waals surface area contributed by atoms with E-state index >= 15 is 0 Å². The largest absolute Gasteiger partial charge is 0.507 e. The Morgan fingerprint density at radius 2 is 1.80 bits per heavy atom. The van der Waals surface area contributed by atoms with Gasteiger partial charge in [0.2, 0.25) is 0 Å². The molecule has 0 spiro atoms. The van der Waals surface area contributed by atoms with Gasteiger partial charge in [-0.2, -0.15) is 8.42 Å². The van der Waals surface area contributed by atoms with Crippen molar-refractivity contribution in [1.29, 1.82) is 0 Å². The van der Waals surface area contributed by atoms with Crippen LogP contribution >= 0.6 is 12.4 Å². The Balaban J connectivity index is 0.00000196. The fraction of sp³-hybridized carbons (Fsp3) is 0. The first-order chi connectivity index (χ1) is 6.32. The van der Waals surface area contributed by atoms with Crippen molar-refractivity contribution in [3.63, 3.8) is 0 Å². The number of carboxylic acids is 1. The molecule has 8 heteroatoms. The van der Waals surface area contributed by atoms with Gasteiger partial charge in [0.1, 0.15) is 11.3 Å². The van der Waals surface area contributed by atoms with Crippen LogP contribution in [-0.2, 0) is 10.1 Å². The number of halogens is 1. The van der Waals surface area contributed by atoms with Crippen molar-refractivity contribution >= 4 is 28.5 Å². The van der Waals surface area contributed by atoms with Crippen molar-refractivity contribution in [1.82, 2.24) is 0 Å². The van der Waals surface area contributed by atoms with Gasteiger partial charge in [-0.15, -0.1) is 12.4 Å². The molecule has 0 unspecified atom stereocenters. The van der Waals surface area contributed by atoms with E-state index in [1.165, 1.54) is 0 Å². The van der Waals surface area contributed by atoms with Gasteiger partial charge in [0.25, 0.3) is 10.1 Å². The molecule has 0 radical (unpaired) electrons. The Bertz CT molecular complexity index is 480. The molecule has 0 aliphatic rings. The molecule has 0 bridgehead atoms. The highest BCUT2D eigenvalue weighted by molar-refractivity contribution is 7.85. The van der Waals surface area contributed by atoms with E-state index in [0.29, 0.717) is 6.07 Å². The first-order valence-electron chi connectivity index (χ1n) is 3.36. The van der Waals surface area contributed by atoms with Gasteiger partial charge >= 0.3 is 5.97 Å². The molecule has 0 saturated carbocycles. The maximum Gasteiger partial charge on any atom is 0.339 e. The van der Waals surface area contributed by atoms with Gasteiger partial charge in [0.15, 0.2) is 0 Å². The molecule has 0 atom stereocenters. The van der Waals surface area contributed by atoms with Gasteiger partial charge < -0.3 is 10.2 Å². The molecule has 84 valence electrons. The number of phenols is 1. The summed E-state index contributed by atoms with van der Waals surface area (Å²) in [5, 5.41) is 17.5. The second-order valence-corrected chi connectivity index (χ2v) is 3.88. The summed E-state index contributed by atoms with van der Waals surface area (Å²) in [5.74, 6) is -2.04. The molecule has 0 fully saturated rings. The Kier molecular flexibility index (Phi) is 4.08. The Morgan fingerprint density at radius 1 is 1.27 bits per heavy atom. The molecular formula is C7H7ClO6S. The minimum atomic E-state index is -4.45. The number of aromatic carboxylic acids is 1. The topological polar surface area (TPSA) is 112 Å². The Morgan fingerprint density at radius 3 is 2.20 bits per heavy atom. The zero-order valence-corrected chi connectivity index (χ0v) is 8.75. The molecule has 1 aromatic carbocycles. The van der Waals surface area contributed by atoms with E-state index in [-0.39, 0.29) is 12.4 Å². The summed E-state index contributed by atoms with van der Waals surface area (Å²) in [6.07, 6.45) is 0. The molecule has 1 aromatic rings. The summed E-state index contributed by atoms with van der Waals surface area (Å²) < 4.78 is 29.8. The maximum atomic E-state index is 10.6. The zero-order chi connectivity index (χ0) is 10.9. The van der Waals surface area contributed by atoms with Gasteiger partial charge in [-0.05, 0) is 18.2 Å². The number of rotatable bonds is 2. The number of carbonyl (C=O) groups is 1. The van der Waals surface area contributed by atoms with Crippen LogP contribution in [0.1, 0.15) is 10.4 Å². The van der Waals surface area contributed by atoms with Gasteiger partial charge in [-0.1, -0.05) is 0 Å². The van der Waals surface area contributed by atoms with E-state index < -0.39 is 32.3 Å². The standard InChI is InChI=1S/C7H6O6S.ClH/c8-6-2-1-4(14(11,12)13)3-5(6)7(9)10;/h1-3,8H,(H,9,10)(H,11,12,13);1H. The maximum absolute atomic E-state index is 10.6. The Labute approximate surface area is 91.3 Å². The summed E-state index contributed by atoms with van der Waals surface area (Å²) in [4.78, 5) is 9.89. The lowest BCUT2D eigenvalue weighted by Gasteiger charge is -2.01. The second-order valence-electron chi connectivity index (χ2n) is 2.46. The first-order valence-corrected chi connectivity index (χ1v) is 4.80. The van der Waals surface area contributed by atoms with Crippen molar-refractivity contribution in [3.05, 3.63) is 23.8 Å². The van der Waals surface area contributed by atoms with Gasteiger partial charge in [0, 0.05) is 0 Å². The normalized spacial score (nSPS) is 10.5. The molecule has 0 aliphatic heterocycles. The molecule has 0 saturated heterocycles. The number of carboxylic acid groups (broad SMARTS) is 1. The van der Waals surface area contributed by atoms with Crippen LogP contribution in [0.25, 0.3) is 0 Å².